The summed E-state index contributed by atoms with van der Waals surface area (Å²) in [6, 6.07) is 13.9. The predicted octanol–water partition coefficient (Wildman–Crippen LogP) is 3.84. The van der Waals surface area contributed by atoms with Gasteiger partial charge in [0.05, 0.1) is 0 Å². The molecule has 0 unspecified atom stereocenters. The van der Waals surface area contributed by atoms with Crippen LogP contribution in [-0.2, 0) is 12.8 Å². The second kappa shape index (κ2) is 5.17. The summed E-state index contributed by atoms with van der Waals surface area (Å²) in [7, 11) is 0. The molecule has 1 aliphatic heterocycles. The summed E-state index contributed by atoms with van der Waals surface area (Å²) in [6.07, 6.45) is 1.49. The van der Waals surface area contributed by atoms with Crippen molar-refractivity contribution in [3.05, 3.63) is 63.6 Å². The molecule has 0 amide bonds. The van der Waals surface area contributed by atoms with Crippen LogP contribution in [0.2, 0.25) is 0 Å². The molecule has 0 saturated heterocycles. The molecule has 0 bridgehead atoms. The van der Waals surface area contributed by atoms with Gasteiger partial charge in [0.1, 0.15) is 0 Å². The maximum atomic E-state index is 12.3. The molecule has 2 nitrogen and oxygen atoms in total. The van der Waals surface area contributed by atoms with Gasteiger partial charge < -0.3 is 5.32 Å². The van der Waals surface area contributed by atoms with Crippen molar-refractivity contribution >= 4 is 27.4 Å². The topological polar surface area (TPSA) is 29.1 Å². The van der Waals surface area contributed by atoms with Gasteiger partial charge in [0.25, 0.3) is 0 Å². The van der Waals surface area contributed by atoms with Crippen LogP contribution >= 0.6 is 15.9 Å². The minimum absolute atomic E-state index is 0.162. The first-order chi connectivity index (χ1) is 9.22. The number of carbonyl (C=O) groups excluding carboxylic acids is 1. The summed E-state index contributed by atoms with van der Waals surface area (Å²) in [5.74, 6) is 0.162. The number of benzene rings is 2. The van der Waals surface area contributed by atoms with Crippen LogP contribution in [0.1, 0.15) is 21.5 Å². The van der Waals surface area contributed by atoms with Crippen LogP contribution in [-0.4, -0.2) is 12.3 Å². The summed E-state index contributed by atoms with van der Waals surface area (Å²) < 4.78 is 1.01. The van der Waals surface area contributed by atoms with E-state index in [1.54, 1.807) is 0 Å². The highest BCUT2D eigenvalue weighted by Gasteiger charge is 2.13. The van der Waals surface area contributed by atoms with E-state index in [0.29, 0.717) is 6.42 Å². The van der Waals surface area contributed by atoms with Crippen LogP contribution in [0.4, 0.5) is 5.69 Å². The summed E-state index contributed by atoms with van der Waals surface area (Å²) in [5, 5.41) is 3.31. The van der Waals surface area contributed by atoms with Gasteiger partial charge in [0.15, 0.2) is 5.78 Å². The zero-order valence-corrected chi connectivity index (χ0v) is 12.0. The number of Topliss-reactive ketones (excluding diaryl/α,β-unsaturated/α-hetero) is 1. The van der Waals surface area contributed by atoms with Crippen LogP contribution in [0.15, 0.2) is 46.9 Å². The first kappa shape index (κ1) is 12.4. The molecule has 2 aromatic carbocycles. The summed E-state index contributed by atoms with van der Waals surface area (Å²) in [6.45, 7) is 0.971. The van der Waals surface area contributed by atoms with Gasteiger partial charge in [-0.15, -0.1) is 0 Å². The Bertz CT molecular complexity index is 636. The normalized spacial score (nSPS) is 12.9. The number of fused-ring (bicyclic) bond motifs is 1. The molecule has 3 heteroatoms. The SMILES string of the molecule is O=C(Cc1cccc(Br)c1)c1ccc2c(c1)NCC2. The summed E-state index contributed by atoms with van der Waals surface area (Å²) >= 11 is 3.43. The molecule has 2 aromatic rings. The number of hydrogen-bond donors (Lipinski definition) is 1. The third kappa shape index (κ3) is 2.71. The lowest BCUT2D eigenvalue weighted by molar-refractivity contribution is 0.0993. The Morgan fingerprint density at radius 2 is 2.11 bits per heavy atom. The van der Waals surface area contributed by atoms with E-state index in [4.69, 9.17) is 0 Å². The van der Waals surface area contributed by atoms with Crippen molar-refractivity contribution in [3.8, 4) is 0 Å². The van der Waals surface area contributed by atoms with Crippen LogP contribution in [0.5, 0.6) is 0 Å². The zero-order chi connectivity index (χ0) is 13.2. The Kier molecular flexibility index (Phi) is 3.38. The fourth-order valence-corrected chi connectivity index (χ4v) is 2.85. The molecule has 0 atom stereocenters. The molecule has 3 rings (SSSR count). The van der Waals surface area contributed by atoms with E-state index in [1.807, 2.05) is 36.4 Å². The van der Waals surface area contributed by atoms with Gasteiger partial charge in [0.2, 0.25) is 0 Å². The standard InChI is InChI=1S/C16H14BrNO/c17-14-3-1-2-11(8-14)9-16(19)13-5-4-12-6-7-18-15(12)10-13/h1-5,8,10,18H,6-7,9H2. The first-order valence-corrected chi connectivity index (χ1v) is 7.16. The van der Waals surface area contributed by atoms with Crippen molar-refractivity contribution in [2.75, 3.05) is 11.9 Å². The monoisotopic (exact) mass is 315 g/mol. The first-order valence-electron chi connectivity index (χ1n) is 6.37. The highest BCUT2D eigenvalue weighted by atomic mass is 79.9. The Balaban J connectivity index is 1.81. The van der Waals surface area contributed by atoms with E-state index in [0.717, 1.165) is 34.3 Å². The molecule has 1 heterocycles. The Morgan fingerprint density at radius 3 is 2.95 bits per heavy atom. The molecule has 0 aliphatic carbocycles. The Hall–Kier alpha value is -1.61. The number of halogens is 1. The van der Waals surface area contributed by atoms with Crippen LogP contribution in [0.3, 0.4) is 0 Å². The lowest BCUT2D eigenvalue weighted by atomic mass is 10.0. The average Bonchev–Trinajstić information content (AvgIpc) is 2.85. The van der Waals surface area contributed by atoms with Gasteiger partial charge in [0, 0.05) is 28.7 Å². The van der Waals surface area contributed by atoms with Crippen molar-refractivity contribution in [1.82, 2.24) is 0 Å². The lowest BCUT2D eigenvalue weighted by Gasteiger charge is -2.05. The van der Waals surface area contributed by atoms with Gasteiger partial charge in [-0.2, -0.15) is 0 Å². The number of ketones is 1. The molecule has 96 valence electrons. The molecule has 0 fully saturated rings. The van der Waals surface area contributed by atoms with E-state index in [-0.39, 0.29) is 5.78 Å². The van der Waals surface area contributed by atoms with E-state index in [2.05, 4.69) is 27.3 Å². The minimum atomic E-state index is 0.162. The van der Waals surface area contributed by atoms with E-state index in [9.17, 15) is 4.79 Å². The van der Waals surface area contributed by atoms with Crippen LogP contribution < -0.4 is 5.32 Å². The number of hydrogen-bond acceptors (Lipinski definition) is 2. The molecular weight excluding hydrogens is 302 g/mol. The number of rotatable bonds is 3. The predicted molar refractivity (Wildman–Crippen MR) is 80.8 cm³/mol. The van der Waals surface area contributed by atoms with Gasteiger partial charge in [-0.1, -0.05) is 40.2 Å². The lowest BCUT2D eigenvalue weighted by Crippen LogP contribution is -2.04. The fraction of sp³-hybridized carbons (Fsp3) is 0.188. The Morgan fingerprint density at radius 1 is 1.21 bits per heavy atom. The smallest absolute Gasteiger partial charge is 0.167 e. The van der Waals surface area contributed by atoms with Gasteiger partial charge in [-0.05, 0) is 35.7 Å². The highest BCUT2D eigenvalue weighted by molar-refractivity contribution is 9.10. The van der Waals surface area contributed by atoms with Gasteiger partial charge in [-0.25, -0.2) is 0 Å². The molecule has 0 aromatic heterocycles. The van der Waals surface area contributed by atoms with Crippen LogP contribution in [0, 0.1) is 0 Å². The van der Waals surface area contributed by atoms with Crippen molar-refractivity contribution in [2.45, 2.75) is 12.8 Å². The third-order valence-electron chi connectivity index (χ3n) is 3.40. The highest BCUT2D eigenvalue weighted by Crippen LogP contribution is 2.24. The second-order valence-electron chi connectivity index (χ2n) is 4.78. The van der Waals surface area contributed by atoms with Crippen LogP contribution in [0.25, 0.3) is 0 Å². The van der Waals surface area contributed by atoms with E-state index in [1.165, 1.54) is 5.56 Å². The fourth-order valence-electron chi connectivity index (χ4n) is 2.40. The minimum Gasteiger partial charge on any atom is -0.384 e. The molecule has 1 N–H and O–H groups in total. The van der Waals surface area contributed by atoms with Crippen molar-refractivity contribution < 1.29 is 4.79 Å². The van der Waals surface area contributed by atoms with Gasteiger partial charge in [-0.3, -0.25) is 4.79 Å². The molecule has 1 aliphatic rings. The van der Waals surface area contributed by atoms with Gasteiger partial charge >= 0.3 is 0 Å². The van der Waals surface area contributed by atoms with Crippen molar-refractivity contribution in [2.24, 2.45) is 0 Å². The van der Waals surface area contributed by atoms with E-state index < -0.39 is 0 Å². The number of nitrogens with one attached hydrogen (secondary N) is 1. The molecular formula is C16H14BrNO. The molecule has 0 spiro atoms. The molecule has 19 heavy (non-hydrogen) atoms. The summed E-state index contributed by atoms with van der Waals surface area (Å²) in [4.78, 5) is 12.3. The number of carbonyl (C=O) groups is 1. The maximum Gasteiger partial charge on any atom is 0.167 e. The average molecular weight is 316 g/mol. The number of anilines is 1. The largest absolute Gasteiger partial charge is 0.384 e. The quantitative estimate of drug-likeness (QED) is 0.872. The maximum absolute atomic E-state index is 12.3. The third-order valence-corrected chi connectivity index (χ3v) is 3.89. The molecule has 0 saturated carbocycles. The zero-order valence-electron chi connectivity index (χ0n) is 10.4. The van der Waals surface area contributed by atoms with E-state index >= 15 is 0 Å². The summed E-state index contributed by atoms with van der Waals surface area (Å²) in [5.41, 5.74) is 4.24. The van der Waals surface area contributed by atoms with Crippen molar-refractivity contribution in [1.29, 1.82) is 0 Å². The molecule has 0 radical (unpaired) electrons. The second-order valence-corrected chi connectivity index (χ2v) is 5.69. The van der Waals surface area contributed by atoms with Crippen molar-refractivity contribution in [3.63, 3.8) is 0 Å². The Labute approximate surface area is 121 Å².